The van der Waals surface area contributed by atoms with Gasteiger partial charge in [-0.3, -0.25) is 0 Å². The molecule has 0 aliphatic carbocycles. The minimum Gasteiger partial charge on any atom is -0.374 e. The van der Waals surface area contributed by atoms with E-state index in [1.165, 1.54) is 25.9 Å². The predicted molar refractivity (Wildman–Crippen MR) is 65.7 cm³/mol. The van der Waals surface area contributed by atoms with E-state index in [0.29, 0.717) is 12.1 Å². The third kappa shape index (κ3) is 2.94. The molecule has 4 nitrogen and oxygen atoms in total. The van der Waals surface area contributed by atoms with Crippen molar-refractivity contribution in [2.75, 3.05) is 46.9 Å². The highest BCUT2D eigenvalue weighted by Crippen LogP contribution is 2.22. The number of hydrogen-bond acceptors (Lipinski definition) is 4. The van der Waals surface area contributed by atoms with E-state index in [2.05, 4.69) is 29.6 Å². The van der Waals surface area contributed by atoms with E-state index in [9.17, 15) is 0 Å². The Bertz CT molecular complexity index is 206. The summed E-state index contributed by atoms with van der Waals surface area (Å²) in [6.45, 7) is 5.29. The zero-order valence-electron chi connectivity index (χ0n) is 10.5. The van der Waals surface area contributed by atoms with Crippen LogP contribution in [0.1, 0.15) is 12.8 Å². The fourth-order valence-electron chi connectivity index (χ4n) is 3.04. The molecule has 2 saturated heterocycles. The van der Waals surface area contributed by atoms with Crippen molar-refractivity contribution in [1.29, 1.82) is 0 Å². The first-order chi connectivity index (χ1) is 7.81. The molecule has 94 valence electrons. The van der Waals surface area contributed by atoms with E-state index >= 15 is 0 Å². The average molecular weight is 227 g/mol. The minimum atomic E-state index is 0.343. The lowest BCUT2D eigenvalue weighted by atomic mass is 9.87. The van der Waals surface area contributed by atoms with Gasteiger partial charge in [-0.2, -0.15) is 0 Å². The molecular formula is C12H25N3O. The van der Waals surface area contributed by atoms with Crippen molar-refractivity contribution >= 4 is 0 Å². The highest BCUT2D eigenvalue weighted by Gasteiger charge is 2.32. The number of hydrogen-bond donors (Lipinski definition) is 2. The molecule has 0 radical (unpaired) electrons. The van der Waals surface area contributed by atoms with Gasteiger partial charge in [0.25, 0.3) is 0 Å². The lowest BCUT2D eigenvalue weighted by molar-refractivity contribution is -0.0165. The Kier molecular flexibility index (Phi) is 4.58. The van der Waals surface area contributed by atoms with Gasteiger partial charge < -0.3 is 20.3 Å². The summed E-state index contributed by atoms with van der Waals surface area (Å²) in [5, 5.41) is 6.89. The molecular weight excluding hydrogens is 202 g/mol. The number of likely N-dealkylation sites (tertiary alicyclic amines) is 1. The van der Waals surface area contributed by atoms with Crippen LogP contribution in [0.25, 0.3) is 0 Å². The van der Waals surface area contributed by atoms with Crippen LogP contribution in [0.2, 0.25) is 0 Å². The van der Waals surface area contributed by atoms with E-state index in [-0.39, 0.29) is 0 Å². The van der Waals surface area contributed by atoms with Crippen LogP contribution in [0.4, 0.5) is 0 Å². The van der Waals surface area contributed by atoms with Gasteiger partial charge in [-0.1, -0.05) is 0 Å². The molecule has 2 aliphatic rings. The zero-order chi connectivity index (χ0) is 11.4. The van der Waals surface area contributed by atoms with E-state index in [1.807, 2.05) is 0 Å². The highest BCUT2D eigenvalue weighted by atomic mass is 16.5. The predicted octanol–water partition coefficient (Wildman–Crippen LogP) is -0.0954. The van der Waals surface area contributed by atoms with Gasteiger partial charge in [0, 0.05) is 25.7 Å². The van der Waals surface area contributed by atoms with Gasteiger partial charge in [0.1, 0.15) is 0 Å². The maximum atomic E-state index is 5.88. The van der Waals surface area contributed by atoms with Crippen LogP contribution in [0.5, 0.6) is 0 Å². The van der Waals surface area contributed by atoms with Crippen LogP contribution < -0.4 is 10.6 Å². The summed E-state index contributed by atoms with van der Waals surface area (Å²) in [6.07, 6.45) is 2.99. The Morgan fingerprint density at radius 1 is 1.50 bits per heavy atom. The van der Waals surface area contributed by atoms with E-state index in [0.717, 1.165) is 25.6 Å². The molecule has 2 N–H and O–H groups in total. The van der Waals surface area contributed by atoms with Crippen LogP contribution in [0.3, 0.4) is 0 Å². The maximum Gasteiger partial charge on any atom is 0.0855 e. The largest absolute Gasteiger partial charge is 0.374 e. The third-order valence-electron chi connectivity index (χ3n) is 3.86. The summed E-state index contributed by atoms with van der Waals surface area (Å²) in [5.74, 6) is 0.730. The highest BCUT2D eigenvalue weighted by molar-refractivity contribution is 4.89. The van der Waals surface area contributed by atoms with Crippen LogP contribution in [-0.2, 0) is 4.74 Å². The SMILES string of the molecule is CNC(C1CCCN(C)C1)C1CNCCO1. The quantitative estimate of drug-likeness (QED) is 0.706. The van der Waals surface area contributed by atoms with Crippen molar-refractivity contribution in [3.8, 4) is 0 Å². The molecule has 2 aliphatic heterocycles. The molecule has 0 aromatic rings. The lowest BCUT2D eigenvalue weighted by Gasteiger charge is -2.40. The van der Waals surface area contributed by atoms with Crippen LogP contribution in [-0.4, -0.2) is 63.9 Å². The summed E-state index contributed by atoms with van der Waals surface area (Å²) in [7, 11) is 4.29. The molecule has 2 rings (SSSR count). The van der Waals surface area contributed by atoms with Gasteiger partial charge in [-0.05, 0) is 39.4 Å². The molecule has 0 spiro atoms. The van der Waals surface area contributed by atoms with Crippen LogP contribution in [0, 0.1) is 5.92 Å². The van der Waals surface area contributed by atoms with Crippen molar-refractivity contribution < 1.29 is 4.74 Å². The van der Waals surface area contributed by atoms with Gasteiger partial charge in [-0.25, -0.2) is 0 Å². The molecule has 0 saturated carbocycles. The number of nitrogens with one attached hydrogen (secondary N) is 2. The Morgan fingerprint density at radius 3 is 3.00 bits per heavy atom. The van der Waals surface area contributed by atoms with Crippen molar-refractivity contribution in [1.82, 2.24) is 15.5 Å². The number of likely N-dealkylation sites (N-methyl/N-ethyl adjacent to an activating group) is 1. The van der Waals surface area contributed by atoms with E-state index in [4.69, 9.17) is 4.74 Å². The molecule has 0 aromatic heterocycles. The monoisotopic (exact) mass is 227 g/mol. The summed E-state index contributed by atoms with van der Waals surface area (Å²) in [5.41, 5.74) is 0. The fourth-order valence-corrected chi connectivity index (χ4v) is 3.04. The van der Waals surface area contributed by atoms with Crippen LogP contribution in [0.15, 0.2) is 0 Å². The number of morpholine rings is 1. The maximum absolute atomic E-state index is 5.88. The minimum absolute atomic E-state index is 0.343. The molecule has 0 amide bonds. The Labute approximate surface area is 98.7 Å². The molecule has 2 fully saturated rings. The van der Waals surface area contributed by atoms with Crippen molar-refractivity contribution in [3.63, 3.8) is 0 Å². The fraction of sp³-hybridized carbons (Fsp3) is 1.00. The molecule has 16 heavy (non-hydrogen) atoms. The first-order valence-corrected chi connectivity index (χ1v) is 6.49. The summed E-state index contributed by atoms with van der Waals surface area (Å²) < 4.78 is 5.88. The molecule has 4 heteroatoms. The number of rotatable bonds is 3. The van der Waals surface area contributed by atoms with Gasteiger partial charge >= 0.3 is 0 Å². The number of ether oxygens (including phenoxy) is 1. The normalized spacial score (nSPS) is 34.9. The summed E-state index contributed by atoms with van der Waals surface area (Å²) in [4.78, 5) is 2.44. The van der Waals surface area contributed by atoms with E-state index in [1.54, 1.807) is 0 Å². The Balaban J connectivity index is 1.91. The second-order valence-electron chi connectivity index (χ2n) is 5.09. The molecule has 3 unspecified atom stereocenters. The third-order valence-corrected chi connectivity index (χ3v) is 3.86. The second-order valence-corrected chi connectivity index (χ2v) is 5.09. The Morgan fingerprint density at radius 2 is 2.38 bits per heavy atom. The van der Waals surface area contributed by atoms with Gasteiger partial charge in [-0.15, -0.1) is 0 Å². The molecule has 3 atom stereocenters. The van der Waals surface area contributed by atoms with Crippen LogP contribution >= 0.6 is 0 Å². The topological polar surface area (TPSA) is 36.5 Å². The van der Waals surface area contributed by atoms with Crippen molar-refractivity contribution in [2.45, 2.75) is 25.0 Å². The second kappa shape index (κ2) is 5.96. The zero-order valence-corrected chi connectivity index (χ0v) is 10.5. The average Bonchev–Trinajstić information content (AvgIpc) is 2.31. The lowest BCUT2D eigenvalue weighted by Crippen LogP contribution is -2.55. The van der Waals surface area contributed by atoms with E-state index < -0.39 is 0 Å². The number of nitrogens with zero attached hydrogens (tertiary/aromatic N) is 1. The summed E-state index contributed by atoms with van der Waals surface area (Å²) >= 11 is 0. The number of piperidine rings is 1. The van der Waals surface area contributed by atoms with Crippen molar-refractivity contribution in [3.05, 3.63) is 0 Å². The first kappa shape index (κ1) is 12.3. The molecule has 0 aromatic carbocycles. The van der Waals surface area contributed by atoms with Gasteiger partial charge in [0.15, 0.2) is 0 Å². The smallest absolute Gasteiger partial charge is 0.0855 e. The van der Waals surface area contributed by atoms with Gasteiger partial charge in [0.05, 0.1) is 12.7 Å². The standard InChI is InChI=1S/C12H25N3O/c1-13-12(11-8-14-5-7-16-11)10-4-3-6-15(2)9-10/h10-14H,3-9H2,1-2H3. The van der Waals surface area contributed by atoms with Gasteiger partial charge in [0.2, 0.25) is 0 Å². The van der Waals surface area contributed by atoms with Crippen molar-refractivity contribution in [2.24, 2.45) is 5.92 Å². The molecule has 2 heterocycles. The molecule has 0 bridgehead atoms. The first-order valence-electron chi connectivity index (χ1n) is 6.49. The summed E-state index contributed by atoms with van der Waals surface area (Å²) in [6, 6.07) is 0.496. The Hall–Kier alpha value is -0.160.